The van der Waals surface area contributed by atoms with E-state index in [4.69, 9.17) is 4.74 Å². The molecule has 29 heavy (non-hydrogen) atoms. The summed E-state index contributed by atoms with van der Waals surface area (Å²) in [6.45, 7) is 0. The van der Waals surface area contributed by atoms with Gasteiger partial charge in [-0.25, -0.2) is 8.42 Å². The van der Waals surface area contributed by atoms with E-state index < -0.39 is 15.9 Å². The summed E-state index contributed by atoms with van der Waals surface area (Å²) in [6.07, 6.45) is 6.15. The van der Waals surface area contributed by atoms with Crippen molar-refractivity contribution in [3.05, 3.63) is 77.5 Å². The highest BCUT2D eigenvalue weighted by molar-refractivity contribution is 7.92. The van der Waals surface area contributed by atoms with Crippen molar-refractivity contribution in [1.29, 1.82) is 0 Å². The SMILES string of the molecule is COc1ccc(NS(=O)(=O)c2cccc(C(=O)NNC3=C4C=CC[C@H]4C3)c2)cc1. The lowest BCUT2D eigenvalue weighted by Crippen LogP contribution is -2.40. The molecule has 0 heterocycles. The molecule has 0 radical (unpaired) electrons. The van der Waals surface area contributed by atoms with E-state index in [0.717, 1.165) is 18.5 Å². The number of carbonyl (C=O) groups excluding carboxylic acids is 1. The normalized spacial score (nSPS) is 17.3. The van der Waals surface area contributed by atoms with Crippen LogP contribution in [0.5, 0.6) is 5.75 Å². The lowest BCUT2D eigenvalue weighted by molar-refractivity contribution is 0.0936. The Bertz CT molecular complexity index is 1110. The molecule has 0 saturated carbocycles. The Balaban J connectivity index is 1.44. The molecule has 2 aromatic carbocycles. The average Bonchev–Trinajstić information content (AvgIpc) is 3.09. The Hall–Kier alpha value is -3.26. The number of rotatable bonds is 7. The molecule has 1 atom stereocenters. The van der Waals surface area contributed by atoms with Gasteiger partial charge in [-0.05, 0) is 66.8 Å². The van der Waals surface area contributed by atoms with Crippen molar-refractivity contribution in [2.75, 3.05) is 11.8 Å². The van der Waals surface area contributed by atoms with Gasteiger partial charge in [0.25, 0.3) is 15.9 Å². The number of anilines is 1. The van der Waals surface area contributed by atoms with Crippen LogP contribution in [0.15, 0.2) is 76.8 Å². The van der Waals surface area contributed by atoms with Crippen molar-refractivity contribution in [2.24, 2.45) is 5.92 Å². The third kappa shape index (κ3) is 3.97. The maximum atomic E-state index is 12.7. The van der Waals surface area contributed by atoms with E-state index in [1.54, 1.807) is 36.4 Å². The molecule has 2 aliphatic rings. The first-order valence-electron chi connectivity index (χ1n) is 9.19. The minimum Gasteiger partial charge on any atom is -0.497 e. The quantitative estimate of drug-likeness (QED) is 0.609. The molecule has 150 valence electrons. The van der Waals surface area contributed by atoms with Gasteiger partial charge in [-0.15, -0.1) is 0 Å². The van der Waals surface area contributed by atoms with Crippen LogP contribution in [0.3, 0.4) is 0 Å². The first-order valence-corrected chi connectivity index (χ1v) is 10.7. The minimum absolute atomic E-state index is 0.00503. The second kappa shape index (κ2) is 7.63. The third-order valence-corrected chi connectivity index (χ3v) is 6.41. The number of amides is 1. The molecule has 0 aliphatic heterocycles. The number of allylic oxidation sites excluding steroid dienone is 4. The number of ether oxygens (including phenoxy) is 1. The van der Waals surface area contributed by atoms with Gasteiger partial charge in [0.05, 0.1) is 12.0 Å². The summed E-state index contributed by atoms with van der Waals surface area (Å²) in [4.78, 5) is 12.5. The van der Waals surface area contributed by atoms with Crippen LogP contribution in [-0.4, -0.2) is 21.4 Å². The molecule has 0 unspecified atom stereocenters. The fourth-order valence-electron chi connectivity index (χ4n) is 3.40. The van der Waals surface area contributed by atoms with Gasteiger partial charge in [0.2, 0.25) is 0 Å². The number of sulfonamides is 1. The fourth-order valence-corrected chi connectivity index (χ4v) is 4.51. The summed E-state index contributed by atoms with van der Waals surface area (Å²) in [5.74, 6) is 0.790. The summed E-state index contributed by atoms with van der Waals surface area (Å²) in [6, 6.07) is 12.4. The molecule has 8 heteroatoms. The Morgan fingerprint density at radius 3 is 2.66 bits per heavy atom. The Morgan fingerprint density at radius 1 is 1.14 bits per heavy atom. The second-order valence-corrected chi connectivity index (χ2v) is 8.60. The molecule has 3 N–H and O–H groups in total. The highest BCUT2D eigenvalue weighted by Gasteiger charge is 2.30. The Labute approximate surface area is 169 Å². The van der Waals surface area contributed by atoms with Crippen LogP contribution >= 0.6 is 0 Å². The summed E-state index contributed by atoms with van der Waals surface area (Å²) >= 11 is 0. The molecule has 0 aromatic heterocycles. The number of methoxy groups -OCH3 is 1. The van der Waals surface area contributed by atoms with E-state index in [-0.39, 0.29) is 10.5 Å². The summed E-state index contributed by atoms with van der Waals surface area (Å²) in [5.41, 5.74) is 8.47. The molecule has 0 spiro atoms. The lowest BCUT2D eigenvalue weighted by atomic mass is 9.84. The second-order valence-electron chi connectivity index (χ2n) is 6.91. The number of hydrazine groups is 1. The van der Waals surface area contributed by atoms with Gasteiger partial charge in [0.1, 0.15) is 5.75 Å². The molecule has 0 saturated heterocycles. The van der Waals surface area contributed by atoms with Crippen LogP contribution < -0.4 is 20.3 Å². The van der Waals surface area contributed by atoms with Crippen molar-refractivity contribution in [3.63, 3.8) is 0 Å². The predicted octanol–water partition coefficient (Wildman–Crippen LogP) is 2.96. The van der Waals surface area contributed by atoms with Gasteiger partial charge in [-0.2, -0.15) is 0 Å². The van der Waals surface area contributed by atoms with Gasteiger partial charge in [-0.1, -0.05) is 18.2 Å². The van der Waals surface area contributed by atoms with Gasteiger partial charge in [-0.3, -0.25) is 14.9 Å². The van der Waals surface area contributed by atoms with Crippen LogP contribution in [0.2, 0.25) is 0 Å². The third-order valence-electron chi connectivity index (χ3n) is 5.03. The first-order chi connectivity index (χ1) is 14.0. The van der Waals surface area contributed by atoms with Crippen molar-refractivity contribution in [1.82, 2.24) is 10.9 Å². The summed E-state index contributed by atoms with van der Waals surface area (Å²) in [7, 11) is -2.30. The Kier molecular flexibility index (Phi) is 5.02. The molecular weight excluding hydrogens is 390 g/mol. The minimum atomic E-state index is -3.84. The zero-order valence-electron chi connectivity index (χ0n) is 15.8. The van der Waals surface area contributed by atoms with E-state index in [0.29, 0.717) is 17.4 Å². The fraction of sp³-hybridized carbons (Fsp3) is 0.190. The van der Waals surface area contributed by atoms with Crippen LogP contribution in [0, 0.1) is 5.92 Å². The number of benzene rings is 2. The van der Waals surface area contributed by atoms with E-state index in [9.17, 15) is 13.2 Å². The maximum Gasteiger partial charge on any atom is 0.269 e. The van der Waals surface area contributed by atoms with Crippen molar-refractivity contribution >= 4 is 21.6 Å². The molecule has 2 aliphatic carbocycles. The molecular formula is C21H21N3O4S. The van der Waals surface area contributed by atoms with Crippen molar-refractivity contribution in [3.8, 4) is 5.75 Å². The molecule has 2 aromatic rings. The number of nitrogens with one attached hydrogen (secondary N) is 3. The molecule has 4 rings (SSSR count). The Morgan fingerprint density at radius 2 is 1.93 bits per heavy atom. The maximum absolute atomic E-state index is 12.7. The first kappa shape index (κ1) is 19.1. The number of hydrogen-bond acceptors (Lipinski definition) is 5. The van der Waals surface area contributed by atoms with Crippen LogP contribution in [0.1, 0.15) is 23.2 Å². The molecule has 7 nitrogen and oxygen atoms in total. The van der Waals surface area contributed by atoms with E-state index in [1.807, 2.05) is 0 Å². The van der Waals surface area contributed by atoms with Crippen molar-refractivity contribution in [2.45, 2.75) is 17.7 Å². The predicted molar refractivity (Wildman–Crippen MR) is 110 cm³/mol. The topological polar surface area (TPSA) is 96.5 Å². The van der Waals surface area contributed by atoms with Crippen LogP contribution in [0.4, 0.5) is 5.69 Å². The molecule has 0 fully saturated rings. The van der Waals surface area contributed by atoms with Gasteiger partial charge < -0.3 is 10.2 Å². The summed E-state index contributed by atoms with van der Waals surface area (Å²) < 4.78 is 32.9. The molecule has 0 bridgehead atoms. The van der Waals surface area contributed by atoms with Gasteiger partial charge in [0, 0.05) is 16.9 Å². The highest BCUT2D eigenvalue weighted by Crippen LogP contribution is 2.40. The van der Waals surface area contributed by atoms with Gasteiger partial charge >= 0.3 is 0 Å². The molecule has 1 amide bonds. The van der Waals surface area contributed by atoms with E-state index in [2.05, 4.69) is 27.7 Å². The van der Waals surface area contributed by atoms with E-state index >= 15 is 0 Å². The average molecular weight is 411 g/mol. The van der Waals surface area contributed by atoms with Gasteiger partial charge in [0.15, 0.2) is 0 Å². The number of carbonyl (C=O) groups is 1. The van der Waals surface area contributed by atoms with Crippen molar-refractivity contribution < 1.29 is 17.9 Å². The number of hydrogen-bond donors (Lipinski definition) is 3. The monoisotopic (exact) mass is 411 g/mol. The standard InChI is InChI=1S/C21H21N3O4S/c1-28-17-10-8-16(9-11-17)24-29(26,27)18-6-2-5-15(12-18)21(25)23-22-20-13-14-4-3-7-19(14)20/h2-3,5-12,14,22,24H,4,13H2,1H3,(H,23,25)/t14-/m0/s1. The van der Waals surface area contributed by atoms with E-state index in [1.165, 1.54) is 24.8 Å². The zero-order valence-corrected chi connectivity index (χ0v) is 16.6. The summed E-state index contributed by atoms with van der Waals surface area (Å²) in [5, 5.41) is 0. The zero-order chi connectivity index (χ0) is 20.4. The highest BCUT2D eigenvalue weighted by atomic mass is 32.2. The van der Waals surface area contributed by atoms with Crippen LogP contribution in [0.25, 0.3) is 0 Å². The smallest absolute Gasteiger partial charge is 0.269 e. The largest absolute Gasteiger partial charge is 0.497 e. The van der Waals surface area contributed by atoms with Crippen LogP contribution in [-0.2, 0) is 10.0 Å². The lowest BCUT2D eigenvalue weighted by Gasteiger charge is -2.28. The number of fused-ring (bicyclic) bond motifs is 1.